The van der Waals surface area contributed by atoms with Crippen molar-refractivity contribution in [1.82, 2.24) is 4.90 Å². The molecule has 0 aromatic heterocycles. The minimum atomic E-state index is -4.38. The van der Waals surface area contributed by atoms with Gasteiger partial charge in [0.25, 0.3) is 0 Å². The summed E-state index contributed by atoms with van der Waals surface area (Å²) in [5.74, 6) is 2.14. The van der Waals surface area contributed by atoms with E-state index >= 15 is 0 Å². The molecule has 2 aliphatic carbocycles. The van der Waals surface area contributed by atoms with Crippen molar-refractivity contribution in [2.24, 2.45) is 5.92 Å². The Balaban J connectivity index is 1.40. The van der Waals surface area contributed by atoms with Crippen LogP contribution in [-0.2, 0) is 22.8 Å². The number of hydrogen-bond acceptors (Lipinski definition) is 4. The zero-order valence-corrected chi connectivity index (χ0v) is 17.0. The Morgan fingerprint density at radius 3 is 2.68 bits per heavy atom. The summed E-state index contributed by atoms with van der Waals surface area (Å²) in [6, 6.07) is 8.80. The fraction of sp³-hybridized carbons (Fsp3) is 0.458. The molecule has 162 valence electrons. The van der Waals surface area contributed by atoms with E-state index in [1.54, 1.807) is 6.07 Å². The molecular weight excluding hydrogens is 407 g/mol. The van der Waals surface area contributed by atoms with E-state index in [4.69, 9.17) is 9.47 Å². The first-order valence-electron chi connectivity index (χ1n) is 10.7. The first-order chi connectivity index (χ1) is 14.8. The second-order valence-electron chi connectivity index (χ2n) is 9.23. The van der Waals surface area contributed by atoms with Crippen LogP contribution in [0.25, 0.3) is 0 Å². The van der Waals surface area contributed by atoms with E-state index in [2.05, 4.69) is 11.9 Å². The van der Waals surface area contributed by atoms with Crippen molar-refractivity contribution in [3.8, 4) is 17.2 Å². The number of Topliss-reactive ketones (excluding diaryl/α,β-unsaturated/α-hetero) is 1. The lowest BCUT2D eigenvalue weighted by atomic mass is 9.52. The molecule has 1 saturated carbocycles. The van der Waals surface area contributed by atoms with Crippen LogP contribution in [0.15, 0.2) is 36.4 Å². The Labute approximate surface area is 177 Å². The van der Waals surface area contributed by atoms with Gasteiger partial charge in [0.1, 0.15) is 17.2 Å². The van der Waals surface area contributed by atoms with E-state index in [1.807, 2.05) is 6.07 Å². The van der Waals surface area contributed by atoms with Gasteiger partial charge in [-0.2, -0.15) is 13.2 Å². The molecule has 2 fully saturated rings. The number of likely N-dealkylation sites (N-methyl/N-ethyl adjacent to an activating group) is 1. The van der Waals surface area contributed by atoms with Crippen LogP contribution in [0.2, 0.25) is 0 Å². The molecule has 4 nitrogen and oxygen atoms in total. The number of alkyl halides is 3. The molecule has 0 radical (unpaired) electrons. The number of halogens is 3. The zero-order chi connectivity index (χ0) is 21.5. The normalized spacial score (nSPS) is 31.2. The fourth-order valence-electron chi connectivity index (χ4n) is 6.45. The van der Waals surface area contributed by atoms with Crippen molar-refractivity contribution in [3.05, 3.63) is 53.1 Å². The highest BCUT2D eigenvalue weighted by Crippen LogP contribution is 2.62. The molecule has 2 heterocycles. The highest BCUT2D eigenvalue weighted by Gasteiger charge is 2.65. The summed E-state index contributed by atoms with van der Waals surface area (Å²) >= 11 is 0. The smallest absolute Gasteiger partial charge is 0.416 e. The van der Waals surface area contributed by atoms with E-state index in [0.29, 0.717) is 35.6 Å². The van der Waals surface area contributed by atoms with Crippen LogP contribution >= 0.6 is 0 Å². The predicted octanol–water partition coefficient (Wildman–Crippen LogP) is 4.74. The van der Waals surface area contributed by atoms with E-state index in [9.17, 15) is 18.0 Å². The lowest BCUT2D eigenvalue weighted by Crippen LogP contribution is -2.65. The fourth-order valence-corrected chi connectivity index (χ4v) is 6.45. The number of carbonyl (C=O) groups excluding carboxylic acids is 1. The Bertz CT molecular complexity index is 1080. The van der Waals surface area contributed by atoms with Gasteiger partial charge in [-0.15, -0.1) is 0 Å². The van der Waals surface area contributed by atoms with Crippen LogP contribution in [-0.4, -0.2) is 36.4 Å². The molecule has 2 aromatic carbocycles. The van der Waals surface area contributed by atoms with Gasteiger partial charge in [-0.1, -0.05) is 0 Å². The number of ketones is 1. The molecule has 1 unspecified atom stereocenters. The standard InChI is InChI=1S/C24H22F3NO3/c1-28-9-8-23-17-6-7-19(29)22(23)31-20-12-16(10-13(21(20)23)11-18(17)28)30-15-4-2-14(3-5-15)24(25,26)27/h2-5,10,12,17-18,22H,6-9,11H2,1H3/t17-,18+,22?,23-/m0/s1. The van der Waals surface area contributed by atoms with Crippen molar-refractivity contribution in [3.63, 3.8) is 0 Å². The van der Waals surface area contributed by atoms with Crippen LogP contribution in [0.3, 0.4) is 0 Å². The summed E-state index contributed by atoms with van der Waals surface area (Å²) in [4.78, 5) is 15.2. The molecule has 1 spiro atoms. The molecule has 2 aliphatic heterocycles. The minimum absolute atomic E-state index is 0.175. The molecule has 4 atom stereocenters. The number of benzene rings is 2. The molecule has 6 rings (SSSR count). The molecule has 7 heteroatoms. The van der Waals surface area contributed by atoms with Gasteiger partial charge in [0.05, 0.1) is 5.56 Å². The van der Waals surface area contributed by atoms with Gasteiger partial charge in [0.2, 0.25) is 0 Å². The SMILES string of the molecule is CN1CC[C@]23c4c5cc(Oc6ccc(C(F)(F)F)cc6)cc4OC2C(=O)CC[C@H]3[C@H]1C5. The van der Waals surface area contributed by atoms with E-state index in [1.165, 1.54) is 17.7 Å². The third-order valence-corrected chi connectivity index (χ3v) is 7.75. The van der Waals surface area contributed by atoms with Crippen LogP contribution < -0.4 is 9.47 Å². The number of ether oxygens (including phenoxy) is 2. The maximum atomic E-state index is 12.8. The van der Waals surface area contributed by atoms with Crippen molar-refractivity contribution in [2.45, 2.75) is 49.4 Å². The molecule has 2 bridgehead atoms. The average molecular weight is 429 g/mol. The number of hydrogen-bond donors (Lipinski definition) is 0. The van der Waals surface area contributed by atoms with Gasteiger partial charge in [0.15, 0.2) is 11.9 Å². The van der Waals surface area contributed by atoms with E-state index in [-0.39, 0.29) is 11.2 Å². The van der Waals surface area contributed by atoms with Gasteiger partial charge >= 0.3 is 6.18 Å². The van der Waals surface area contributed by atoms with Crippen molar-refractivity contribution in [1.29, 1.82) is 0 Å². The van der Waals surface area contributed by atoms with Crippen molar-refractivity contribution < 1.29 is 27.4 Å². The first-order valence-corrected chi connectivity index (χ1v) is 10.7. The molecule has 31 heavy (non-hydrogen) atoms. The Morgan fingerprint density at radius 1 is 1.16 bits per heavy atom. The summed E-state index contributed by atoms with van der Waals surface area (Å²) in [5, 5.41) is 0. The van der Waals surface area contributed by atoms with Crippen LogP contribution in [0, 0.1) is 5.92 Å². The van der Waals surface area contributed by atoms with Crippen LogP contribution in [0.1, 0.15) is 36.0 Å². The molecular formula is C24H22F3NO3. The van der Waals surface area contributed by atoms with Gasteiger partial charge in [-0.3, -0.25) is 4.79 Å². The molecule has 1 saturated heterocycles. The van der Waals surface area contributed by atoms with Gasteiger partial charge in [0, 0.05) is 29.5 Å². The first kappa shape index (κ1) is 19.2. The van der Waals surface area contributed by atoms with Crippen molar-refractivity contribution >= 4 is 5.78 Å². The highest BCUT2D eigenvalue weighted by atomic mass is 19.4. The van der Waals surface area contributed by atoms with Crippen LogP contribution in [0.5, 0.6) is 17.2 Å². The summed E-state index contributed by atoms with van der Waals surface area (Å²) in [7, 11) is 2.15. The van der Waals surface area contributed by atoms with E-state index in [0.717, 1.165) is 43.5 Å². The Hall–Kier alpha value is -2.54. The molecule has 0 N–H and O–H groups in total. The summed E-state index contributed by atoms with van der Waals surface area (Å²) in [5.41, 5.74) is 1.34. The minimum Gasteiger partial charge on any atom is -0.481 e. The third-order valence-electron chi connectivity index (χ3n) is 7.75. The average Bonchev–Trinajstić information content (AvgIpc) is 3.06. The summed E-state index contributed by atoms with van der Waals surface area (Å²) in [6.07, 6.45) is -1.60. The van der Waals surface area contributed by atoms with Crippen LogP contribution in [0.4, 0.5) is 13.2 Å². The molecule has 0 amide bonds. The van der Waals surface area contributed by atoms with Crippen molar-refractivity contribution in [2.75, 3.05) is 13.6 Å². The predicted molar refractivity (Wildman–Crippen MR) is 107 cm³/mol. The lowest BCUT2D eigenvalue weighted by Gasteiger charge is -2.57. The van der Waals surface area contributed by atoms with Gasteiger partial charge in [-0.05, 0) is 74.7 Å². The van der Waals surface area contributed by atoms with Gasteiger partial charge in [-0.25, -0.2) is 0 Å². The number of piperidine rings is 1. The topological polar surface area (TPSA) is 38.8 Å². The van der Waals surface area contributed by atoms with E-state index < -0.39 is 17.8 Å². The number of nitrogens with zero attached hydrogens (tertiary/aromatic N) is 1. The molecule has 2 aromatic rings. The Kier molecular flexibility index (Phi) is 3.86. The number of likely N-dealkylation sites (tertiary alicyclic amines) is 1. The maximum absolute atomic E-state index is 12.8. The lowest BCUT2D eigenvalue weighted by molar-refractivity contribution is -0.138. The summed E-state index contributed by atoms with van der Waals surface area (Å²) in [6.45, 7) is 0.941. The Morgan fingerprint density at radius 2 is 1.94 bits per heavy atom. The summed E-state index contributed by atoms with van der Waals surface area (Å²) < 4.78 is 50.7. The second kappa shape index (κ2) is 6.25. The maximum Gasteiger partial charge on any atom is 0.416 e. The second-order valence-corrected chi connectivity index (χ2v) is 9.23. The molecule has 4 aliphatic rings. The van der Waals surface area contributed by atoms with Gasteiger partial charge < -0.3 is 14.4 Å². The number of carbonyl (C=O) groups is 1. The highest BCUT2D eigenvalue weighted by molar-refractivity contribution is 5.88. The largest absolute Gasteiger partial charge is 0.481 e. The number of rotatable bonds is 2. The third kappa shape index (κ3) is 2.62. The quantitative estimate of drug-likeness (QED) is 0.692. The monoisotopic (exact) mass is 429 g/mol. The zero-order valence-electron chi connectivity index (χ0n) is 17.0.